The molecule has 0 saturated heterocycles. The average molecular weight is 509 g/mol. The van der Waals surface area contributed by atoms with Crippen molar-refractivity contribution in [2.24, 2.45) is 0 Å². The summed E-state index contributed by atoms with van der Waals surface area (Å²) in [5, 5.41) is 0.418. The minimum Gasteiger partial charge on any atom is -0.490 e. The van der Waals surface area contributed by atoms with Crippen LogP contribution in [0.2, 0.25) is 0 Å². The number of hydrogen-bond donors (Lipinski definition) is 0. The van der Waals surface area contributed by atoms with Gasteiger partial charge >= 0.3 is 0 Å². The van der Waals surface area contributed by atoms with E-state index in [0.29, 0.717) is 16.6 Å². The average Bonchev–Trinajstić information content (AvgIpc) is 3.08. The molecule has 0 fully saturated rings. The van der Waals surface area contributed by atoms with Crippen LogP contribution in [0.25, 0.3) is 10.9 Å². The monoisotopic (exact) mass is 508 g/mol. The molecular weight excluding hydrogens is 483 g/mol. The van der Waals surface area contributed by atoms with E-state index in [1.54, 1.807) is 19.9 Å². The lowest BCUT2D eigenvalue weighted by molar-refractivity contribution is 0.0728. The predicted octanol–water partition coefficient (Wildman–Crippen LogP) is 2.98. The summed E-state index contributed by atoms with van der Waals surface area (Å²) >= 11 is 0. The number of para-hydroxylation sites is 1. The van der Waals surface area contributed by atoms with E-state index in [2.05, 4.69) is 0 Å². The molecule has 1 aliphatic heterocycles. The fourth-order valence-electron chi connectivity index (χ4n) is 4.29. The zero-order chi connectivity index (χ0) is 25.0. The normalized spacial score (nSPS) is 14.5. The second-order valence-corrected chi connectivity index (χ2v) is 12.5. The molecule has 0 saturated carbocycles. The summed E-state index contributed by atoms with van der Waals surface area (Å²) < 4.78 is 70.6. The lowest BCUT2D eigenvalue weighted by Crippen LogP contribution is -2.37. The third-order valence-electron chi connectivity index (χ3n) is 5.67. The van der Waals surface area contributed by atoms with E-state index in [9.17, 15) is 26.0 Å². The van der Waals surface area contributed by atoms with E-state index < -0.39 is 31.6 Å². The van der Waals surface area contributed by atoms with Crippen LogP contribution in [0.3, 0.4) is 0 Å². The Morgan fingerprint density at radius 3 is 2.41 bits per heavy atom. The van der Waals surface area contributed by atoms with Gasteiger partial charge in [0.05, 0.1) is 22.8 Å². The number of ether oxygens (including phenoxy) is 1. The lowest BCUT2D eigenvalue weighted by atomic mass is 10.0. The SMILES string of the molecule is CC(C)Oc1ccc(S(C)(=O)=O)cc1C(=O)N1CCc2c(c3cccc(F)c3n2S(C)(=O)=O)C1. The number of fused-ring (bicyclic) bond motifs is 3. The molecule has 2 heterocycles. The number of aromatic nitrogens is 1. The Labute approximate surface area is 197 Å². The maximum absolute atomic E-state index is 14.7. The van der Waals surface area contributed by atoms with Crippen LogP contribution < -0.4 is 4.74 Å². The van der Waals surface area contributed by atoms with Crippen LogP contribution in [0.1, 0.15) is 35.5 Å². The first kappa shape index (κ1) is 24.2. The van der Waals surface area contributed by atoms with E-state index in [4.69, 9.17) is 4.74 Å². The van der Waals surface area contributed by atoms with Crippen molar-refractivity contribution in [2.75, 3.05) is 19.1 Å². The molecule has 4 rings (SSSR count). The van der Waals surface area contributed by atoms with Crippen LogP contribution in [-0.2, 0) is 32.8 Å². The first-order valence-corrected chi connectivity index (χ1v) is 14.3. The molecule has 34 heavy (non-hydrogen) atoms. The van der Waals surface area contributed by atoms with Crippen LogP contribution in [0.15, 0.2) is 41.3 Å². The molecule has 1 aromatic heterocycles. The Morgan fingerprint density at radius 1 is 1.09 bits per heavy atom. The number of amides is 1. The molecule has 3 aromatic rings. The van der Waals surface area contributed by atoms with Gasteiger partial charge in [0, 0.05) is 42.4 Å². The summed E-state index contributed by atoms with van der Waals surface area (Å²) in [5.41, 5.74) is 1.05. The molecule has 0 bridgehead atoms. The minimum atomic E-state index is -3.80. The van der Waals surface area contributed by atoms with Gasteiger partial charge in [0.2, 0.25) is 10.0 Å². The van der Waals surface area contributed by atoms with E-state index in [0.717, 1.165) is 16.5 Å². The number of rotatable bonds is 5. The number of carbonyl (C=O) groups excluding carboxylic acids is 1. The van der Waals surface area contributed by atoms with Crippen LogP contribution in [0, 0.1) is 5.82 Å². The first-order valence-electron chi connectivity index (χ1n) is 10.6. The minimum absolute atomic E-state index is 0.0135. The summed E-state index contributed by atoms with van der Waals surface area (Å²) in [6.45, 7) is 3.80. The second kappa shape index (κ2) is 8.38. The number of nitrogens with zero attached hydrogens (tertiary/aromatic N) is 2. The standard InChI is InChI=1S/C23H25FN2O6S2/c1-14(2)32-21-9-8-15(33(3,28)29)12-17(21)23(27)25-11-10-20-18(13-25)16-6-5-7-19(24)22(16)26(20)34(4,30)31/h5-9,12,14H,10-11,13H2,1-4H3. The third-order valence-corrected chi connectivity index (χ3v) is 7.84. The van der Waals surface area contributed by atoms with Crippen molar-refractivity contribution >= 4 is 36.7 Å². The van der Waals surface area contributed by atoms with Crippen LogP contribution in [0.4, 0.5) is 4.39 Å². The Hall–Kier alpha value is -2.92. The first-order chi connectivity index (χ1) is 15.8. The van der Waals surface area contributed by atoms with Crippen molar-refractivity contribution < 1.29 is 30.8 Å². The summed E-state index contributed by atoms with van der Waals surface area (Å²) in [7, 11) is -7.36. The Morgan fingerprint density at radius 2 is 1.79 bits per heavy atom. The van der Waals surface area contributed by atoms with Gasteiger partial charge in [-0.2, -0.15) is 0 Å². The smallest absolute Gasteiger partial charge is 0.257 e. The Balaban J connectivity index is 1.82. The zero-order valence-corrected chi connectivity index (χ0v) is 20.8. The van der Waals surface area contributed by atoms with Gasteiger partial charge in [-0.05, 0) is 38.1 Å². The van der Waals surface area contributed by atoms with Gasteiger partial charge in [0.1, 0.15) is 17.1 Å². The maximum Gasteiger partial charge on any atom is 0.257 e. The van der Waals surface area contributed by atoms with Crippen molar-refractivity contribution in [1.82, 2.24) is 8.87 Å². The van der Waals surface area contributed by atoms with Crippen molar-refractivity contribution in [1.29, 1.82) is 0 Å². The van der Waals surface area contributed by atoms with Crippen molar-refractivity contribution in [3.63, 3.8) is 0 Å². The third kappa shape index (κ3) is 4.29. The highest BCUT2D eigenvalue weighted by atomic mass is 32.2. The number of carbonyl (C=O) groups is 1. The van der Waals surface area contributed by atoms with Gasteiger partial charge in [-0.15, -0.1) is 0 Å². The fourth-order valence-corrected chi connectivity index (χ4v) is 6.06. The van der Waals surface area contributed by atoms with Gasteiger partial charge in [0.25, 0.3) is 5.91 Å². The summed E-state index contributed by atoms with van der Waals surface area (Å²) in [6, 6.07) is 8.47. The summed E-state index contributed by atoms with van der Waals surface area (Å²) in [5.74, 6) is -0.866. The Bertz CT molecular complexity index is 1520. The van der Waals surface area contributed by atoms with Gasteiger partial charge in [-0.25, -0.2) is 25.2 Å². The summed E-state index contributed by atoms with van der Waals surface area (Å²) in [6.07, 6.45) is 2.01. The quantitative estimate of drug-likeness (QED) is 0.525. The largest absolute Gasteiger partial charge is 0.490 e. The highest BCUT2D eigenvalue weighted by Crippen LogP contribution is 2.35. The molecule has 1 amide bonds. The molecule has 182 valence electrons. The van der Waals surface area contributed by atoms with Gasteiger partial charge in [0.15, 0.2) is 9.84 Å². The highest BCUT2D eigenvalue weighted by Gasteiger charge is 2.32. The highest BCUT2D eigenvalue weighted by molar-refractivity contribution is 7.90. The number of halogens is 1. The summed E-state index contributed by atoms with van der Waals surface area (Å²) in [4.78, 5) is 15.0. The molecule has 1 aliphatic rings. The molecule has 11 heteroatoms. The number of sulfone groups is 1. The molecule has 0 N–H and O–H groups in total. The predicted molar refractivity (Wildman–Crippen MR) is 126 cm³/mol. The van der Waals surface area contributed by atoms with E-state index in [1.165, 1.54) is 35.2 Å². The zero-order valence-electron chi connectivity index (χ0n) is 19.2. The van der Waals surface area contributed by atoms with E-state index in [-0.39, 0.29) is 47.3 Å². The van der Waals surface area contributed by atoms with Crippen molar-refractivity contribution in [3.05, 3.63) is 59.0 Å². The molecule has 0 spiro atoms. The molecular formula is C23H25FN2O6S2. The fraction of sp³-hybridized carbons (Fsp3) is 0.348. The van der Waals surface area contributed by atoms with Gasteiger partial charge in [-0.3, -0.25) is 4.79 Å². The number of benzene rings is 2. The molecule has 0 radical (unpaired) electrons. The lowest BCUT2D eigenvalue weighted by Gasteiger charge is -2.29. The van der Waals surface area contributed by atoms with Crippen molar-refractivity contribution in [2.45, 2.75) is 37.8 Å². The van der Waals surface area contributed by atoms with E-state index >= 15 is 0 Å². The van der Waals surface area contributed by atoms with Crippen LogP contribution >= 0.6 is 0 Å². The van der Waals surface area contributed by atoms with Gasteiger partial charge < -0.3 is 9.64 Å². The number of hydrogen-bond acceptors (Lipinski definition) is 6. The Kier molecular flexibility index (Phi) is 5.97. The van der Waals surface area contributed by atoms with Crippen LogP contribution in [-0.4, -0.2) is 56.8 Å². The maximum atomic E-state index is 14.7. The van der Waals surface area contributed by atoms with Gasteiger partial charge in [-0.1, -0.05) is 12.1 Å². The molecule has 0 unspecified atom stereocenters. The molecule has 0 atom stereocenters. The van der Waals surface area contributed by atoms with E-state index in [1.807, 2.05) is 0 Å². The molecule has 8 nitrogen and oxygen atoms in total. The topological polar surface area (TPSA) is 103 Å². The van der Waals surface area contributed by atoms with Crippen molar-refractivity contribution in [3.8, 4) is 5.75 Å². The van der Waals surface area contributed by atoms with Crippen LogP contribution in [0.5, 0.6) is 5.75 Å². The second-order valence-electron chi connectivity index (χ2n) is 8.66. The molecule has 0 aliphatic carbocycles. The molecule has 2 aromatic carbocycles.